The summed E-state index contributed by atoms with van der Waals surface area (Å²) >= 11 is 0. The Morgan fingerprint density at radius 3 is 2.86 bits per heavy atom. The average molecular weight is 289 g/mol. The van der Waals surface area contributed by atoms with Crippen molar-refractivity contribution in [1.29, 1.82) is 0 Å². The summed E-state index contributed by atoms with van der Waals surface area (Å²) < 4.78 is 1.82. The van der Waals surface area contributed by atoms with Gasteiger partial charge in [0.25, 0.3) is 5.91 Å². The maximum Gasteiger partial charge on any atom is 0.251 e. The van der Waals surface area contributed by atoms with Gasteiger partial charge < -0.3 is 15.3 Å². The summed E-state index contributed by atoms with van der Waals surface area (Å²) in [4.78, 5) is 16.4. The van der Waals surface area contributed by atoms with E-state index in [2.05, 4.69) is 25.9 Å². The molecule has 8 heteroatoms. The van der Waals surface area contributed by atoms with Crippen LogP contribution in [0.3, 0.4) is 0 Å². The Kier molecular flexibility index (Phi) is 4.83. The lowest BCUT2D eigenvalue weighted by Crippen LogP contribution is -2.27. The first-order chi connectivity index (χ1) is 10.1. The molecule has 0 saturated heterocycles. The first-order valence-corrected chi connectivity index (χ1v) is 6.72. The second kappa shape index (κ2) is 6.80. The van der Waals surface area contributed by atoms with Crippen LogP contribution in [0, 0.1) is 0 Å². The fourth-order valence-electron chi connectivity index (χ4n) is 1.90. The molecule has 0 aliphatic carbocycles. The van der Waals surface area contributed by atoms with Gasteiger partial charge in [0.2, 0.25) is 0 Å². The minimum atomic E-state index is -0.161. The SMILES string of the molecule is CCc1cc(C(=O)NCCc2nncn2C)cc(NN)n1. The van der Waals surface area contributed by atoms with E-state index in [1.807, 2.05) is 18.5 Å². The standard InChI is InChI=1S/C13H19N7O/c1-3-10-6-9(7-11(17-10)18-14)13(21)15-5-4-12-19-16-8-20(12)2/h6-8H,3-5,14H2,1-2H3,(H,15,21)(H,17,18). The van der Waals surface area contributed by atoms with Crippen LogP contribution >= 0.6 is 0 Å². The first-order valence-electron chi connectivity index (χ1n) is 6.72. The van der Waals surface area contributed by atoms with Crippen molar-refractivity contribution in [2.24, 2.45) is 12.9 Å². The fourth-order valence-corrected chi connectivity index (χ4v) is 1.90. The summed E-state index contributed by atoms with van der Waals surface area (Å²) in [6.07, 6.45) is 2.98. The number of anilines is 1. The van der Waals surface area contributed by atoms with Gasteiger partial charge in [-0.3, -0.25) is 4.79 Å². The summed E-state index contributed by atoms with van der Waals surface area (Å²) in [5.41, 5.74) is 3.81. The molecule has 0 radical (unpaired) electrons. The van der Waals surface area contributed by atoms with Crippen LogP contribution in [-0.4, -0.2) is 32.2 Å². The van der Waals surface area contributed by atoms with Gasteiger partial charge in [0, 0.05) is 31.3 Å². The molecule has 1 amide bonds. The molecule has 0 aliphatic rings. The highest BCUT2D eigenvalue weighted by atomic mass is 16.1. The van der Waals surface area contributed by atoms with Gasteiger partial charge in [-0.2, -0.15) is 0 Å². The van der Waals surface area contributed by atoms with Crippen molar-refractivity contribution in [2.75, 3.05) is 12.0 Å². The molecule has 2 aromatic heterocycles. The van der Waals surface area contributed by atoms with Gasteiger partial charge in [-0.25, -0.2) is 10.8 Å². The molecule has 0 aliphatic heterocycles. The largest absolute Gasteiger partial charge is 0.352 e. The maximum atomic E-state index is 12.1. The molecule has 0 saturated carbocycles. The van der Waals surface area contributed by atoms with Gasteiger partial charge in [-0.15, -0.1) is 10.2 Å². The number of nitrogens with one attached hydrogen (secondary N) is 2. The number of aromatic nitrogens is 4. The number of hydrogen-bond donors (Lipinski definition) is 3. The number of pyridine rings is 1. The third kappa shape index (κ3) is 3.76. The molecule has 0 aromatic carbocycles. The predicted octanol–water partition coefficient (Wildman–Crippen LogP) is 0.0306. The maximum absolute atomic E-state index is 12.1. The topological polar surface area (TPSA) is 111 Å². The third-order valence-corrected chi connectivity index (χ3v) is 3.09. The van der Waals surface area contributed by atoms with Crippen molar-refractivity contribution >= 4 is 11.7 Å². The molecule has 2 aromatic rings. The zero-order valence-electron chi connectivity index (χ0n) is 12.1. The van der Waals surface area contributed by atoms with Crippen molar-refractivity contribution in [2.45, 2.75) is 19.8 Å². The van der Waals surface area contributed by atoms with E-state index in [0.29, 0.717) is 24.3 Å². The van der Waals surface area contributed by atoms with Gasteiger partial charge in [0.15, 0.2) is 0 Å². The number of nitrogens with zero attached hydrogens (tertiary/aromatic N) is 4. The molecule has 8 nitrogen and oxygen atoms in total. The lowest BCUT2D eigenvalue weighted by Gasteiger charge is -2.08. The van der Waals surface area contributed by atoms with Gasteiger partial charge in [0.05, 0.1) is 0 Å². The van der Waals surface area contributed by atoms with Gasteiger partial charge in [-0.1, -0.05) is 6.92 Å². The Morgan fingerprint density at radius 1 is 1.43 bits per heavy atom. The predicted molar refractivity (Wildman–Crippen MR) is 78.5 cm³/mol. The summed E-state index contributed by atoms with van der Waals surface area (Å²) in [6.45, 7) is 2.46. The quantitative estimate of drug-likeness (QED) is 0.511. The van der Waals surface area contributed by atoms with E-state index in [-0.39, 0.29) is 5.91 Å². The number of rotatable bonds is 6. The van der Waals surface area contributed by atoms with Crippen LogP contribution in [0.25, 0.3) is 0 Å². The fraction of sp³-hybridized carbons (Fsp3) is 0.385. The number of nitrogen functional groups attached to an aromatic ring is 1. The van der Waals surface area contributed by atoms with Gasteiger partial charge in [-0.05, 0) is 18.6 Å². The number of aryl methyl sites for hydroxylation is 2. The second-order valence-electron chi connectivity index (χ2n) is 4.59. The summed E-state index contributed by atoms with van der Waals surface area (Å²) in [5, 5.41) is 10.6. The Morgan fingerprint density at radius 2 is 2.24 bits per heavy atom. The summed E-state index contributed by atoms with van der Waals surface area (Å²) in [7, 11) is 1.87. The van der Waals surface area contributed by atoms with Crippen molar-refractivity contribution < 1.29 is 4.79 Å². The van der Waals surface area contributed by atoms with E-state index in [0.717, 1.165) is 17.9 Å². The first kappa shape index (κ1) is 14.9. The van der Waals surface area contributed by atoms with Crippen molar-refractivity contribution in [3.05, 3.63) is 35.5 Å². The molecule has 0 atom stereocenters. The van der Waals surface area contributed by atoms with Crippen LogP contribution in [0.5, 0.6) is 0 Å². The van der Waals surface area contributed by atoms with Gasteiger partial charge >= 0.3 is 0 Å². The number of hydrazine groups is 1. The van der Waals surface area contributed by atoms with Gasteiger partial charge in [0.1, 0.15) is 18.0 Å². The number of carbonyl (C=O) groups excluding carboxylic acids is 1. The van der Waals surface area contributed by atoms with Crippen LogP contribution in [-0.2, 0) is 19.9 Å². The van der Waals surface area contributed by atoms with Crippen LogP contribution in [0.15, 0.2) is 18.5 Å². The van der Waals surface area contributed by atoms with E-state index in [9.17, 15) is 4.79 Å². The zero-order valence-corrected chi connectivity index (χ0v) is 12.1. The van der Waals surface area contributed by atoms with Crippen LogP contribution in [0.1, 0.15) is 28.8 Å². The highest BCUT2D eigenvalue weighted by Gasteiger charge is 2.09. The molecule has 112 valence electrons. The molecular weight excluding hydrogens is 270 g/mol. The van der Waals surface area contributed by atoms with Crippen LogP contribution < -0.4 is 16.6 Å². The van der Waals surface area contributed by atoms with Crippen molar-refractivity contribution in [3.63, 3.8) is 0 Å². The molecule has 0 fully saturated rings. The van der Waals surface area contributed by atoms with E-state index < -0.39 is 0 Å². The molecule has 0 unspecified atom stereocenters. The highest BCUT2D eigenvalue weighted by Crippen LogP contribution is 2.10. The van der Waals surface area contributed by atoms with E-state index in [4.69, 9.17) is 5.84 Å². The van der Waals surface area contributed by atoms with Crippen molar-refractivity contribution in [1.82, 2.24) is 25.1 Å². The number of hydrogen-bond acceptors (Lipinski definition) is 6. The van der Waals surface area contributed by atoms with E-state index >= 15 is 0 Å². The van der Waals surface area contributed by atoms with Crippen LogP contribution in [0.4, 0.5) is 5.82 Å². The molecule has 2 heterocycles. The molecular formula is C13H19N7O. The normalized spacial score (nSPS) is 10.4. The zero-order chi connectivity index (χ0) is 15.2. The lowest BCUT2D eigenvalue weighted by molar-refractivity contribution is 0.0953. The van der Waals surface area contributed by atoms with E-state index in [1.165, 1.54) is 0 Å². The minimum absolute atomic E-state index is 0.161. The minimum Gasteiger partial charge on any atom is -0.352 e. The van der Waals surface area contributed by atoms with Crippen molar-refractivity contribution in [3.8, 4) is 0 Å². The smallest absolute Gasteiger partial charge is 0.251 e. The van der Waals surface area contributed by atoms with Crippen LogP contribution in [0.2, 0.25) is 0 Å². The molecule has 2 rings (SSSR count). The van der Waals surface area contributed by atoms with E-state index in [1.54, 1.807) is 18.5 Å². The summed E-state index contributed by atoms with van der Waals surface area (Å²) in [6, 6.07) is 3.38. The Labute approximate surface area is 122 Å². The Hall–Kier alpha value is -2.48. The highest BCUT2D eigenvalue weighted by molar-refractivity contribution is 5.95. The number of nitrogens with two attached hydrogens (primary N) is 1. The average Bonchev–Trinajstić information content (AvgIpc) is 2.92. The Balaban J connectivity index is 1.98. The Bertz CT molecular complexity index is 600. The number of carbonyl (C=O) groups is 1. The second-order valence-corrected chi connectivity index (χ2v) is 4.59. The molecule has 0 spiro atoms. The molecule has 21 heavy (non-hydrogen) atoms. The molecule has 0 bridgehead atoms. The monoisotopic (exact) mass is 289 g/mol. The summed E-state index contributed by atoms with van der Waals surface area (Å²) in [5.74, 6) is 6.50. The number of amides is 1. The lowest BCUT2D eigenvalue weighted by atomic mass is 10.2. The molecule has 4 N–H and O–H groups in total. The third-order valence-electron chi connectivity index (χ3n) is 3.09.